The van der Waals surface area contributed by atoms with Gasteiger partial charge in [0.2, 0.25) is 5.91 Å². The van der Waals surface area contributed by atoms with Crippen LogP contribution >= 0.6 is 11.9 Å². The first-order chi connectivity index (χ1) is 15.8. The Morgan fingerprint density at radius 2 is 1.82 bits per heavy atom. The van der Waals surface area contributed by atoms with Gasteiger partial charge in [-0.15, -0.1) is 0 Å². The molecule has 2 aromatic carbocycles. The quantitative estimate of drug-likeness (QED) is 0.397. The zero-order valence-corrected chi connectivity index (χ0v) is 18.2. The van der Waals surface area contributed by atoms with Gasteiger partial charge in [0.15, 0.2) is 0 Å². The molecule has 1 fully saturated rings. The number of amides is 1. The Morgan fingerprint density at radius 1 is 1.09 bits per heavy atom. The zero-order chi connectivity index (χ0) is 23.4. The van der Waals surface area contributed by atoms with Crippen molar-refractivity contribution in [3.05, 3.63) is 78.0 Å². The SMILES string of the molecule is O=C(NCc1cc(-c2ccc(C(F)(F)F)cc2)ncn1)C1CCCN1Sc1ccc(F)cc1. The van der Waals surface area contributed by atoms with Gasteiger partial charge in [0.1, 0.15) is 12.1 Å². The smallest absolute Gasteiger partial charge is 0.349 e. The third-order valence-corrected chi connectivity index (χ3v) is 6.37. The summed E-state index contributed by atoms with van der Waals surface area (Å²) in [4.78, 5) is 21.9. The number of carbonyl (C=O) groups is 1. The van der Waals surface area contributed by atoms with E-state index in [-0.39, 0.29) is 24.3 Å². The van der Waals surface area contributed by atoms with E-state index in [4.69, 9.17) is 0 Å². The Kier molecular flexibility index (Phi) is 6.94. The predicted octanol–water partition coefficient (Wildman–Crippen LogP) is 5.09. The largest absolute Gasteiger partial charge is 0.416 e. The van der Waals surface area contributed by atoms with Crippen LogP contribution in [-0.4, -0.2) is 32.8 Å². The molecule has 172 valence electrons. The molecule has 0 aliphatic carbocycles. The van der Waals surface area contributed by atoms with Crippen LogP contribution in [0.15, 0.2) is 65.8 Å². The van der Waals surface area contributed by atoms with Gasteiger partial charge in [-0.25, -0.2) is 18.7 Å². The van der Waals surface area contributed by atoms with Crippen LogP contribution in [0.1, 0.15) is 24.1 Å². The summed E-state index contributed by atoms with van der Waals surface area (Å²) in [6, 6.07) is 12.2. The summed E-state index contributed by atoms with van der Waals surface area (Å²) in [6.45, 7) is 0.909. The van der Waals surface area contributed by atoms with Gasteiger partial charge < -0.3 is 5.32 Å². The fourth-order valence-electron chi connectivity index (χ4n) is 3.52. The molecule has 0 radical (unpaired) electrons. The van der Waals surface area contributed by atoms with Gasteiger partial charge in [-0.2, -0.15) is 13.2 Å². The second kappa shape index (κ2) is 9.88. The molecule has 3 aromatic rings. The predicted molar refractivity (Wildman–Crippen MR) is 116 cm³/mol. The zero-order valence-electron chi connectivity index (χ0n) is 17.3. The first-order valence-corrected chi connectivity index (χ1v) is 11.0. The molecule has 1 amide bonds. The van der Waals surface area contributed by atoms with Crippen LogP contribution in [0.5, 0.6) is 0 Å². The number of nitrogens with one attached hydrogen (secondary N) is 1. The molecule has 1 N–H and O–H groups in total. The number of alkyl halides is 3. The Bertz CT molecular complexity index is 1110. The van der Waals surface area contributed by atoms with Crippen molar-refractivity contribution in [3.8, 4) is 11.3 Å². The van der Waals surface area contributed by atoms with E-state index in [0.717, 1.165) is 30.0 Å². The summed E-state index contributed by atoms with van der Waals surface area (Å²) < 4.78 is 53.4. The van der Waals surface area contributed by atoms with Gasteiger partial charge in [-0.1, -0.05) is 12.1 Å². The van der Waals surface area contributed by atoms with Gasteiger partial charge >= 0.3 is 6.18 Å². The highest BCUT2D eigenvalue weighted by molar-refractivity contribution is 7.97. The number of rotatable bonds is 6. The van der Waals surface area contributed by atoms with Gasteiger partial charge in [-0.05, 0) is 67.3 Å². The van der Waals surface area contributed by atoms with E-state index in [9.17, 15) is 22.4 Å². The Balaban J connectivity index is 1.37. The summed E-state index contributed by atoms with van der Waals surface area (Å²) in [5.74, 6) is -0.451. The minimum absolute atomic E-state index is 0.142. The van der Waals surface area contributed by atoms with Crippen molar-refractivity contribution in [2.24, 2.45) is 0 Å². The van der Waals surface area contributed by atoms with Crippen molar-refractivity contribution < 1.29 is 22.4 Å². The molecule has 1 aliphatic heterocycles. The molecule has 1 unspecified atom stereocenters. The number of benzene rings is 2. The van der Waals surface area contributed by atoms with Crippen molar-refractivity contribution in [2.75, 3.05) is 6.54 Å². The summed E-state index contributed by atoms with van der Waals surface area (Å²) in [5.41, 5.74) is 0.810. The number of aromatic nitrogens is 2. The molecule has 5 nitrogen and oxygen atoms in total. The van der Waals surface area contributed by atoms with Crippen molar-refractivity contribution in [3.63, 3.8) is 0 Å². The fourth-order valence-corrected chi connectivity index (χ4v) is 4.60. The first-order valence-electron chi connectivity index (χ1n) is 10.3. The number of nitrogens with zero attached hydrogens (tertiary/aromatic N) is 3. The lowest BCUT2D eigenvalue weighted by atomic mass is 10.1. The molecule has 4 rings (SSSR count). The summed E-state index contributed by atoms with van der Waals surface area (Å²) >= 11 is 1.42. The van der Waals surface area contributed by atoms with Gasteiger partial charge in [0, 0.05) is 17.0 Å². The van der Waals surface area contributed by atoms with E-state index >= 15 is 0 Å². The molecule has 1 atom stereocenters. The van der Waals surface area contributed by atoms with Crippen LogP contribution in [0.2, 0.25) is 0 Å². The molecule has 1 aromatic heterocycles. The summed E-state index contributed by atoms with van der Waals surface area (Å²) in [6.07, 6.45) is -1.50. The van der Waals surface area contributed by atoms with Crippen LogP contribution in [0, 0.1) is 5.82 Å². The lowest BCUT2D eigenvalue weighted by Crippen LogP contribution is -2.40. The number of halogens is 4. The maximum Gasteiger partial charge on any atom is 0.416 e. The van der Waals surface area contributed by atoms with Gasteiger partial charge in [0.25, 0.3) is 0 Å². The fraction of sp³-hybridized carbons (Fsp3) is 0.261. The minimum Gasteiger partial charge on any atom is -0.349 e. The number of carbonyl (C=O) groups excluding carboxylic acids is 1. The molecule has 1 saturated heterocycles. The van der Waals surface area contributed by atoms with E-state index in [2.05, 4.69) is 15.3 Å². The van der Waals surface area contributed by atoms with E-state index < -0.39 is 11.7 Å². The third kappa shape index (κ3) is 5.88. The van der Waals surface area contributed by atoms with Crippen LogP contribution < -0.4 is 5.32 Å². The molecule has 1 aliphatic rings. The van der Waals surface area contributed by atoms with E-state index in [0.29, 0.717) is 23.4 Å². The molecular weight excluding hydrogens is 456 g/mol. The lowest BCUT2D eigenvalue weighted by molar-refractivity contribution is -0.137. The molecule has 2 heterocycles. The first kappa shape index (κ1) is 23.2. The molecule has 0 saturated carbocycles. The summed E-state index contributed by atoms with van der Waals surface area (Å²) in [5, 5.41) is 2.88. The Hall–Kier alpha value is -2.98. The molecule has 10 heteroatoms. The van der Waals surface area contributed by atoms with Crippen LogP contribution in [0.4, 0.5) is 17.6 Å². The lowest BCUT2D eigenvalue weighted by Gasteiger charge is -2.22. The molecular formula is C23H20F4N4OS. The highest BCUT2D eigenvalue weighted by Crippen LogP contribution is 2.32. The molecule has 0 bridgehead atoms. The average molecular weight is 476 g/mol. The minimum atomic E-state index is -4.40. The van der Waals surface area contributed by atoms with Crippen molar-refractivity contribution in [1.82, 2.24) is 19.6 Å². The van der Waals surface area contributed by atoms with Crippen LogP contribution in [0.3, 0.4) is 0 Å². The standard InChI is InChI=1S/C23H20F4N4OS/c24-17-7-9-19(10-8-17)33-31-11-1-2-21(31)22(32)28-13-18-12-20(30-14-29-18)15-3-5-16(6-4-15)23(25,26)27/h3-10,12,14,21H,1-2,11,13H2,(H,28,32). The normalized spacial score (nSPS) is 16.7. The second-order valence-corrected chi connectivity index (χ2v) is 8.65. The maximum atomic E-state index is 13.1. The maximum absolute atomic E-state index is 13.1. The number of hydrogen-bond acceptors (Lipinski definition) is 5. The summed E-state index contributed by atoms with van der Waals surface area (Å²) in [7, 11) is 0. The van der Waals surface area contributed by atoms with E-state index in [1.54, 1.807) is 18.2 Å². The number of hydrogen-bond donors (Lipinski definition) is 1. The van der Waals surface area contributed by atoms with E-state index in [1.165, 1.54) is 42.5 Å². The highest BCUT2D eigenvalue weighted by Gasteiger charge is 2.32. The highest BCUT2D eigenvalue weighted by atomic mass is 32.2. The topological polar surface area (TPSA) is 58.1 Å². The molecule has 33 heavy (non-hydrogen) atoms. The van der Waals surface area contributed by atoms with Crippen molar-refractivity contribution in [2.45, 2.75) is 36.5 Å². The van der Waals surface area contributed by atoms with Crippen LogP contribution in [-0.2, 0) is 17.5 Å². The van der Waals surface area contributed by atoms with Crippen molar-refractivity contribution in [1.29, 1.82) is 0 Å². The third-order valence-electron chi connectivity index (χ3n) is 5.22. The van der Waals surface area contributed by atoms with Crippen LogP contribution in [0.25, 0.3) is 11.3 Å². The molecule has 0 spiro atoms. The second-order valence-electron chi connectivity index (χ2n) is 7.53. The van der Waals surface area contributed by atoms with Gasteiger partial charge in [-0.3, -0.25) is 4.79 Å². The average Bonchev–Trinajstić information content (AvgIpc) is 3.27. The monoisotopic (exact) mass is 476 g/mol. The van der Waals surface area contributed by atoms with E-state index in [1.807, 2.05) is 4.31 Å². The Morgan fingerprint density at radius 3 is 2.52 bits per heavy atom. The van der Waals surface area contributed by atoms with Gasteiger partial charge in [0.05, 0.1) is 29.5 Å². The Labute approximate surface area is 192 Å². The van der Waals surface area contributed by atoms with Crippen molar-refractivity contribution >= 4 is 17.9 Å².